The third-order valence-corrected chi connectivity index (χ3v) is 4.69. The van der Waals surface area contributed by atoms with Crippen LogP contribution in [0.2, 0.25) is 0 Å². The van der Waals surface area contributed by atoms with Gasteiger partial charge < -0.3 is 9.64 Å². The molecule has 3 heteroatoms. The molecular weight excluding hydrogens is 262 g/mol. The van der Waals surface area contributed by atoms with Crippen molar-refractivity contribution in [3.8, 4) is 0 Å². The predicted molar refractivity (Wildman–Crippen MR) is 88.5 cm³/mol. The molecule has 0 heterocycles. The van der Waals surface area contributed by atoms with Crippen LogP contribution in [-0.4, -0.2) is 31.2 Å². The van der Waals surface area contributed by atoms with Crippen LogP contribution in [0.4, 0.5) is 4.79 Å². The highest BCUT2D eigenvalue weighted by Gasteiger charge is 2.18. The summed E-state index contributed by atoms with van der Waals surface area (Å²) in [6.07, 6.45) is 12.6. The Hall–Kier alpha value is -0.730. The largest absolute Gasteiger partial charge is 0.449 e. The summed E-state index contributed by atoms with van der Waals surface area (Å²) in [4.78, 5) is 13.5. The van der Waals surface area contributed by atoms with Crippen LogP contribution in [0.1, 0.15) is 78.1 Å². The van der Waals surface area contributed by atoms with Gasteiger partial charge in [0.05, 0.1) is 6.61 Å². The summed E-state index contributed by atoms with van der Waals surface area (Å²) in [6, 6.07) is 0. The number of hydrogen-bond acceptors (Lipinski definition) is 2. The number of amides is 1. The molecule has 0 aromatic rings. The van der Waals surface area contributed by atoms with E-state index in [9.17, 15) is 4.79 Å². The van der Waals surface area contributed by atoms with E-state index in [4.69, 9.17) is 4.74 Å². The first-order chi connectivity index (χ1) is 10.1. The van der Waals surface area contributed by atoms with Crippen molar-refractivity contribution in [2.24, 2.45) is 11.8 Å². The highest BCUT2D eigenvalue weighted by Crippen LogP contribution is 2.31. The van der Waals surface area contributed by atoms with Crippen LogP contribution in [0.5, 0.6) is 0 Å². The number of carbonyl (C=O) groups excluding carboxylic acids is 1. The van der Waals surface area contributed by atoms with Crippen molar-refractivity contribution in [1.29, 1.82) is 0 Å². The van der Waals surface area contributed by atoms with Crippen molar-refractivity contribution in [2.75, 3.05) is 20.2 Å². The van der Waals surface area contributed by atoms with Crippen LogP contribution in [0.25, 0.3) is 0 Å². The third kappa shape index (κ3) is 8.33. The van der Waals surface area contributed by atoms with Gasteiger partial charge in [-0.2, -0.15) is 0 Å². The molecule has 21 heavy (non-hydrogen) atoms. The monoisotopic (exact) mass is 297 g/mol. The highest BCUT2D eigenvalue weighted by molar-refractivity contribution is 5.67. The molecule has 1 rings (SSSR count). The zero-order valence-electron chi connectivity index (χ0n) is 14.4. The molecule has 1 fully saturated rings. The Bertz CT molecular complexity index is 274. The Morgan fingerprint density at radius 1 is 1.24 bits per heavy atom. The average molecular weight is 297 g/mol. The highest BCUT2D eigenvalue weighted by atomic mass is 16.6. The summed E-state index contributed by atoms with van der Waals surface area (Å²) in [5, 5.41) is 0. The first kappa shape index (κ1) is 18.3. The number of nitrogens with zero attached hydrogens (tertiary/aromatic N) is 1. The van der Waals surface area contributed by atoms with E-state index in [1.165, 1.54) is 38.5 Å². The second-order valence-corrected chi connectivity index (χ2v) is 6.88. The molecule has 0 bridgehead atoms. The molecule has 1 unspecified atom stereocenters. The number of carbonyl (C=O) groups is 1. The van der Waals surface area contributed by atoms with Gasteiger partial charge in [-0.1, -0.05) is 52.4 Å². The fourth-order valence-corrected chi connectivity index (χ4v) is 3.32. The SMILES string of the molecule is CCCCCOC(=O)N(C)CCCC(C)CC1CCCC1. The van der Waals surface area contributed by atoms with Crippen LogP contribution < -0.4 is 0 Å². The van der Waals surface area contributed by atoms with Gasteiger partial charge in [0.15, 0.2) is 0 Å². The molecule has 0 aliphatic heterocycles. The summed E-state index contributed by atoms with van der Waals surface area (Å²) >= 11 is 0. The summed E-state index contributed by atoms with van der Waals surface area (Å²) < 4.78 is 5.26. The zero-order valence-corrected chi connectivity index (χ0v) is 14.4. The van der Waals surface area contributed by atoms with E-state index < -0.39 is 0 Å². The quantitative estimate of drug-likeness (QED) is 0.516. The maximum absolute atomic E-state index is 11.8. The Morgan fingerprint density at radius 2 is 1.95 bits per heavy atom. The zero-order chi connectivity index (χ0) is 15.5. The maximum Gasteiger partial charge on any atom is 0.409 e. The minimum Gasteiger partial charge on any atom is -0.449 e. The lowest BCUT2D eigenvalue weighted by Crippen LogP contribution is -2.29. The predicted octanol–water partition coefficient (Wildman–Crippen LogP) is 5.24. The van der Waals surface area contributed by atoms with Crippen molar-refractivity contribution < 1.29 is 9.53 Å². The second kappa shape index (κ2) is 10.9. The van der Waals surface area contributed by atoms with Crippen LogP contribution in [0.3, 0.4) is 0 Å². The molecule has 0 aromatic heterocycles. The van der Waals surface area contributed by atoms with E-state index in [2.05, 4.69) is 13.8 Å². The Morgan fingerprint density at radius 3 is 2.62 bits per heavy atom. The van der Waals surface area contributed by atoms with E-state index in [0.717, 1.165) is 44.1 Å². The number of unbranched alkanes of at least 4 members (excludes halogenated alkanes) is 2. The molecule has 1 saturated carbocycles. The molecule has 0 saturated heterocycles. The lowest BCUT2D eigenvalue weighted by atomic mass is 9.91. The summed E-state index contributed by atoms with van der Waals surface area (Å²) in [5.74, 6) is 1.77. The molecule has 0 spiro atoms. The van der Waals surface area contributed by atoms with Crippen molar-refractivity contribution in [3.63, 3.8) is 0 Å². The molecule has 3 nitrogen and oxygen atoms in total. The Labute approximate surface area is 131 Å². The van der Waals surface area contributed by atoms with Gasteiger partial charge in [0.2, 0.25) is 0 Å². The smallest absolute Gasteiger partial charge is 0.409 e. The minimum absolute atomic E-state index is 0.158. The molecule has 1 aliphatic carbocycles. The minimum atomic E-state index is -0.158. The summed E-state index contributed by atoms with van der Waals surface area (Å²) in [7, 11) is 1.85. The molecule has 124 valence electrons. The van der Waals surface area contributed by atoms with Gasteiger partial charge in [-0.15, -0.1) is 0 Å². The molecular formula is C18H35NO2. The van der Waals surface area contributed by atoms with Crippen molar-refractivity contribution in [3.05, 3.63) is 0 Å². The summed E-state index contributed by atoms with van der Waals surface area (Å²) in [6.45, 7) is 5.90. The lowest BCUT2D eigenvalue weighted by molar-refractivity contribution is 0.108. The van der Waals surface area contributed by atoms with Gasteiger partial charge in [0, 0.05) is 13.6 Å². The van der Waals surface area contributed by atoms with Crippen molar-refractivity contribution in [2.45, 2.75) is 78.1 Å². The Kier molecular flexibility index (Phi) is 9.53. The van der Waals surface area contributed by atoms with Crippen molar-refractivity contribution in [1.82, 2.24) is 4.90 Å². The van der Waals surface area contributed by atoms with E-state index in [1.54, 1.807) is 4.90 Å². The van der Waals surface area contributed by atoms with Crippen LogP contribution in [0.15, 0.2) is 0 Å². The van der Waals surface area contributed by atoms with E-state index in [0.29, 0.717) is 6.61 Å². The van der Waals surface area contributed by atoms with Gasteiger partial charge in [0.1, 0.15) is 0 Å². The topological polar surface area (TPSA) is 29.5 Å². The number of rotatable bonds is 10. The van der Waals surface area contributed by atoms with Gasteiger partial charge in [-0.25, -0.2) is 4.79 Å². The third-order valence-electron chi connectivity index (χ3n) is 4.69. The molecule has 1 atom stereocenters. The van der Waals surface area contributed by atoms with E-state index >= 15 is 0 Å². The van der Waals surface area contributed by atoms with Gasteiger partial charge >= 0.3 is 6.09 Å². The molecule has 1 amide bonds. The molecule has 0 radical (unpaired) electrons. The van der Waals surface area contributed by atoms with E-state index in [-0.39, 0.29) is 6.09 Å². The van der Waals surface area contributed by atoms with Gasteiger partial charge in [-0.3, -0.25) is 0 Å². The number of hydrogen-bond donors (Lipinski definition) is 0. The second-order valence-electron chi connectivity index (χ2n) is 6.88. The van der Waals surface area contributed by atoms with Gasteiger partial charge in [0.25, 0.3) is 0 Å². The average Bonchev–Trinajstić information content (AvgIpc) is 2.96. The first-order valence-electron chi connectivity index (χ1n) is 9.01. The standard InChI is InChI=1S/C18H35NO2/c1-4-5-8-14-21-18(20)19(3)13-9-10-16(2)15-17-11-6-7-12-17/h16-17H,4-15H2,1-3H3. The molecule has 1 aliphatic rings. The lowest BCUT2D eigenvalue weighted by Gasteiger charge is -2.19. The van der Waals surface area contributed by atoms with E-state index in [1.807, 2.05) is 7.05 Å². The van der Waals surface area contributed by atoms with Crippen LogP contribution in [0, 0.1) is 11.8 Å². The van der Waals surface area contributed by atoms with Crippen LogP contribution >= 0.6 is 0 Å². The number of ether oxygens (including phenoxy) is 1. The fraction of sp³-hybridized carbons (Fsp3) is 0.944. The normalized spacial score (nSPS) is 16.9. The molecule has 0 N–H and O–H groups in total. The maximum atomic E-state index is 11.8. The molecule has 0 aromatic carbocycles. The fourth-order valence-electron chi connectivity index (χ4n) is 3.32. The first-order valence-corrected chi connectivity index (χ1v) is 9.01. The van der Waals surface area contributed by atoms with Gasteiger partial charge in [-0.05, 0) is 37.5 Å². The van der Waals surface area contributed by atoms with Crippen LogP contribution in [-0.2, 0) is 4.74 Å². The Balaban J connectivity index is 2.03. The van der Waals surface area contributed by atoms with Crippen molar-refractivity contribution >= 4 is 6.09 Å². The summed E-state index contributed by atoms with van der Waals surface area (Å²) in [5.41, 5.74) is 0.